The van der Waals surface area contributed by atoms with Gasteiger partial charge in [-0.05, 0) is 67.1 Å². The van der Waals surface area contributed by atoms with Gasteiger partial charge in [0.15, 0.2) is 0 Å². The van der Waals surface area contributed by atoms with E-state index in [9.17, 15) is 14.4 Å². The molecule has 30 heavy (non-hydrogen) atoms. The molecular weight excluding hydrogens is 404 g/mol. The van der Waals surface area contributed by atoms with Crippen LogP contribution in [0, 0.1) is 6.92 Å². The molecule has 1 aliphatic heterocycles. The highest BCUT2D eigenvalue weighted by atomic mass is 35.5. The van der Waals surface area contributed by atoms with E-state index in [-0.39, 0.29) is 11.5 Å². The van der Waals surface area contributed by atoms with Crippen LogP contribution in [0.3, 0.4) is 0 Å². The minimum Gasteiger partial charge on any atom is -0.457 e. The SMILES string of the molecule is CC(=O)Nc1ccc(Oc2ccc3c(c2)C(=O)N(c2ccc(C)c(Cl)c2)C3=O)cc1. The Morgan fingerprint density at radius 3 is 2.23 bits per heavy atom. The predicted octanol–water partition coefficient (Wildman–Crippen LogP) is 5.20. The molecule has 3 amide bonds. The van der Waals surface area contributed by atoms with E-state index in [4.69, 9.17) is 16.3 Å². The van der Waals surface area contributed by atoms with E-state index >= 15 is 0 Å². The van der Waals surface area contributed by atoms with Gasteiger partial charge in [-0.25, -0.2) is 4.90 Å². The van der Waals surface area contributed by atoms with Gasteiger partial charge in [0.1, 0.15) is 11.5 Å². The number of imide groups is 1. The molecule has 7 heteroatoms. The van der Waals surface area contributed by atoms with Gasteiger partial charge in [-0.3, -0.25) is 14.4 Å². The second-order valence-corrected chi connectivity index (χ2v) is 7.30. The number of carbonyl (C=O) groups is 3. The van der Waals surface area contributed by atoms with Gasteiger partial charge in [0, 0.05) is 17.6 Å². The zero-order valence-electron chi connectivity index (χ0n) is 16.2. The van der Waals surface area contributed by atoms with Crippen molar-refractivity contribution in [3.63, 3.8) is 0 Å². The lowest BCUT2D eigenvalue weighted by molar-refractivity contribution is -0.114. The fourth-order valence-corrected chi connectivity index (χ4v) is 3.36. The number of rotatable bonds is 4. The third kappa shape index (κ3) is 3.65. The van der Waals surface area contributed by atoms with E-state index in [1.165, 1.54) is 6.92 Å². The molecule has 1 heterocycles. The van der Waals surface area contributed by atoms with E-state index in [1.54, 1.807) is 60.7 Å². The van der Waals surface area contributed by atoms with Gasteiger partial charge in [-0.1, -0.05) is 17.7 Å². The number of carbonyl (C=O) groups excluding carboxylic acids is 3. The van der Waals surface area contributed by atoms with Crippen LogP contribution in [-0.4, -0.2) is 17.7 Å². The van der Waals surface area contributed by atoms with Crippen molar-refractivity contribution in [1.82, 2.24) is 0 Å². The Labute approximate surface area is 178 Å². The first-order valence-corrected chi connectivity index (χ1v) is 9.56. The van der Waals surface area contributed by atoms with Crippen LogP contribution < -0.4 is 15.0 Å². The monoisotopic (exact) mass is 420 g/mol. The second-order valence-electron chi connectivity index (χ2n) is 6.89. The van der Waals surface area contributed by atoms with Crippen molar-refractivity contribution in [2.45, 2.75) is 13.8 Å². The molecule has 4 rings (SSSR count). The van der Waals surface area contributed by atoms with Crippen LogP contribution in [0.5, 0.6) is 11.5 Å². The maximum Gasteiger partial charge on any atom is 0.266 e. The molecule has 0 aliphatic carbocycles. The highest BCUT2D eigenvalue weighted by Crippen LogP contribution is 2.34. The Hall–Kier alpha value is -3.64. The van der Waals surface area contributed by atoms with Crippen LogP contribution >= 0.6 is 11.6 Å². The summed E-state index contributed by atoms with van der Waals surface area (Å²) in [6.07, 6.45) is 0. The molecule has 3 aromatic rings. The third-order valence-electron chi connectivity index (χ3n) is 4.68. The van der Waals surface area contributed by atoms with Crippen molar-refractivity contribution in [1.29, 1.82) is 0 Å². The van der Waals surface area contributed by atoms with E-state index in [0.717, 1.165) is 10.5 Å². The smallest absolute Gasteiger partial charge is 0.266 e. The van der Waals surface area contributed by atoms with Gasteiger partial charge in [0.05, 0.1) is 16.8 Å². The number of hydrogen-bond donors (Lipinski definition) is 1. The number of nitrogens with one attached hydrogen (secondary N) is 1. The summed E-state index contributed by atoms with van der Waals surface area (Å²) in [5.74, 6) is -0.0404. The number of nitrogens with zero attached hydrogens (tertiary/aromatic N) is 1. The lowest BCUT2D eigenvalue weighted by Crippen LogP contribution is -2.29. The van der Waals surface area contributed by atoms with Gasteiger partial charge in [0.25, 0.3) is 11.8 Å². The van der Waals surface area contributed by atoms with Crippen molar-refractivity contribution in [2.75, 3.05) is 10.2 Å². The summed E-state index contributed by atoms with van der Waals surface area (Å²) >= 11 is 6.16. The van der Waals surface area contributed by atoms with E-state index in [2.05, 4.69) is 5.32 Å². The number of anilines is 2. The summed E-state index contributed by atoms with van der Waals surface area (Å²) in [6.45, 7) is 3.28. The molecule has 0 saturated heterocycles. The molecule has 1 aliphatic rings. The standard InChI is InChI=1S/C23H17ClN2O4/c1-13-3-6-16(11-21(13)24)26-22(28)19-10-9-18(12-20(19)23(26)29)30-17-7-4-15(5-8-17)25-14(2)27/h3-12H,1-2H3,(H,25,27). The second kappa shape index (κ2) is 7.65. The van der Waals surface area contributed by atoms with Gasteiger partial charge in [-0.15, -0.1) is 0 Å². The Bertz CT molecular complexity index is 1190. The van der Waals surface area contributed by atoms with E-state index in [1.807, 2.05) is 6.92 Å². The molecule has 3 aromatic carbocycles. The van der Waals surface area contributed by atoms with Crippen LogP contribution in [0.4, 0.5) is 11.4 Å². The summed E-state index contributed by atoms with van der Waals surface area (Å²) in [5, 5.41) is 3.16. The van der Waals surface area contributed by atoms with Crippen molar-refractivity contribution >= 4 is 40.7 Å². The molecular formula is C23H17ClN2O4. The number of amides is 3. The maximum atomic E-state index is 12.9. The van der Waals surface area contributed by atoms with Crippen LogP contribution in [-0.2, 0) is 4.79 Å². The molecule has 150 valence electrons. The number of halogens is 1. The summed E-state index contributed by atoms with van der Waals surface area (Å²) in [6, 6.07) is 16.6. The first kappa shape index (κ1) is 19.7. The molecule has 1 N–H and O–H groups in total. The largest absolute Gasteiger partial charge is 0.457 e. The Morgan fingerprint density at radius 2 is 1.57 bits per heavy atom. The average Bonchev–Trinajstić information content (AvgIpc) is 2.95. The van der Waals surface area contributed by atoms with Crippen molar-refractivity contribution in [3.05, 3.63) is 82.4 Å². The quantitative estimate of drug-likeness (QED) is 0.588. The number of ether oxygens (including phenoxy) is 1. The van der Waals surface area contributed by atoms with Crippen molar-refractivity contribution in [2.24, 2.45) is 0 Å². The zero-order valence-corrected chi connectivity index (χ0v) is 17.0. The van der Waals surface area contributed by atoms with Crippen LogP contribution in [0.25, 0.3) is 0 Å². The minimum atomic E-state index is -0.429. The normalized spacial score (nSPS) is 12.7. The number of aryl methyl sites for hydroxylation is 1. The molecule has 0 radical (unpaired) electrons. The average molecular weight is 421 g/mol. The summed E-state index contributed by atoms with van der Waals surface area (Å²) < 4.78 is 5.81. The number of fused-ring (bicyclic) bond motifs is 1. The fourth-order valence-electron chi connectivity index (χ4n) is 3.18. The topological polar surface area (TPSA) is 75.7 Å². The molecule has 0 atom stereocenters. The van der Waals surface area contributed by atoms with E-state index in [0.29, 0.717) is 33.5 Å². The molecule has 0 unspecified atom stereocenters. The highest BCUT2D eigenvalue weighted by molar-refractivity contribution is 6.35. The molecule has 0 aromatic heterocycles. The van der Waals surface area contributed by atoms with Crippen LogP contribution in [0.1, 0.15) is 33.2 Å². The molecule has 0 saturated carbocycles. The Morgan fingerprint density at radius 1 is 0.900 bits per heavy atom. The maximum absolute atomic E-state index is 12.9. The fraction of sp³-hybridized carbons (Fsp3) is 0.0870. The third-order valence-corrected chi connectivity index (χ3v) is 5.09. The predicted molar refractivity (Wildman–Crippen MR) is 115 cm³/mol. The van der Waals surface area contributed by atoms with Crippen LogP contribution in [0.15, 0.2) is 60.7 Å². The van der Waals surface area contributed by atoms with Gasteiger partial charge in [0.2, 0.25) is 5.91 Å². The van der Waals surface area contributed by atoms with Gasteiger partial charge < -0.3 is 10.1 Å². The zero-order chi connectivity index (χ0) is 21.4. The first-order chi connectivity index (χ1) is 14.3. The lowest BCUT2D eigenvalue weighted by Gasteiger charge is -2.14. The van der Waals surface area contributed by atoms with Gasteiger partial charge in [-0.2, -0.15) is 0 Å². The Balaban J connectivity index is 1.58. The lowest BCUT2D eigenvalue weighted by atomic mass is 10.1. The molecule has 0 bridgehead atoms. The van der Waals surface area contributed by atoms with Crippen LogP contribution in [0.2, 0.25) is 5.02 Å². The highest BCUT2D eigenvalue weighted by Gasteiger charge is 2.37. The Kier molecular flexibility index (Phi) is 5.01. The van der Waals surface area contributed by atoms with Crippen molar-refractivity contribution in [3.8, 4) is 11.5 Å². The molecule has 6 nitrogen and oxygen atoms in total. The minimum absolute atomic E-state index is 0.162. The summed E-state index contributed by atoms with van der Waals surface area (Å²) in [7, 11) is 0. The summed E-state index contributed by atoms with van der Waals surface area (Å²) in [5.41, 5.74) is 2.51. The number of benzene rings is 3. The van der Waals surface area contributed by atoms with E-state index < -0.39 is 11.8 Å². The first-order valence-electron chi connectivity index (χ1n) is 9.18. The number of hydrogen-bond acceptors (Lipinski definition) is 4. The van der Waals surface area contributed by atoms with Crippen molar-refractivity contribution < 1.29 is 19.1 Å². The summed E-state index contributed by atoms with van der Waals surface area (Å²) in [4.78, 5) is 37.9. The van der Waals surface area contributed by atoms with Gasteiger partial charge >= 0.3 is 0 Å². The molecule has 0 spiro atoms. The molecule has 0 fully saturated rings.